The number of carbonyl (C=O) groups excluding carboxylic acids is 2. The first-order valence-corrected chi connectivity index (χ1v) is 13.9. The molecule has 2 aromatic rings. The van der Waals surface area contributed by atoms with Gasteiger partial charge in [-0.3, -0.25) is 19.7 Å². The van der Waals surface area contributed by atoms with E-state index in [0.29, 0.717) is 46.2 Å². The highest BCUT2D eigenvalue weighted by Gasteiger charge is 2.47. The van der Waals surface area contributed by atoms with Gasteiger partial charge in [0.05, 0.1) is 10.5 Å². The van der Waals surface area contributed by atoms with Gasteiger partial charge in [-0.05, 0) is 54.0 Å². The van der Waals surface area contributed by atoms with Gasteiger partial charge in [-0.2, -0.15) is 13.2 Å². The number of nitrogens with one attached hydrogen (secondary N) is 1. The van der Waals surface area contributed by atoms with E-state index in [-0.39, 0.29) is 41.0 Å². The molecular weight excluding hydrogens is 605 g/mol. The molecule has 0 fully saturated rings. The van der Waals surface area contributed by atoms with E-state index in [9.17, 15) is 32.9 Å². The highest BCUT2D eigenvalue weighted by atomic mass is 79.9. The number of dihydropyridines is 1. The van der Waals surface area contributed by atoms with Crippen molar-refractivity contribution in [3.8, 4) is 11.5 Å². The summed E-state index contributed by atoms with van der Waals surface area (Å²) in [5.74, 6) is -1.35. The fraction of sp³-hybridized carbons (Fsp3) is 0.400. The van der Waals surface area contributed by atoms with Crippen molar-refractivity contribution in [2.75, 3.05) is 0 Å². The predicted molar refractivity (Wildman–Crippen MR) is 148 cm³/mol. The van der Waals surface area contributed by atoms with Gasteiger partial charge in [-0.25, -0.2) is 0 Å². The molecule has 5 rings (SSSR count). The Bertz CT molecular complexity index is 1520. The summed E-state index contributed by atoms with van der Waals surface area (Å²) in [6, 6.07) is 6.89. The van der Waals surface area contributed by atoms with Crippen LogP contribution in [0.4, 0.5) is 18.9 Å². The highest BCUT2D eigenvalue weighted by molar-refractivity contribution is 9.10. The number of rotatable bonds is 4. The number of nitrogens with zero attached hydrogens (tertiary/aromatic N) is 1. The fourth-order valence-corrected chi connectivity index (χ4v) is 6.46. The second-order valence-corrected chi connectivity index (χ2v) is 13.4. The Morgan fingerprint density at radius 1 is 0.902 bits per heavy atom. The molecule has 1 aliphatic heterocycles. The SMILES string of the molecule is CC1(C)CC(=O)C2=C(C1)NC1=C(C(=O)CC(C)(C)C1)C2c1cc(Br)ccc1Oc1ccc(C(F)(F)F)cc1[N+](=O)[O-]. The van der Waals surface area contributed by atoms with Crippen LogP contribution < -0.4 is 10.1 Å². The minimum absolute atomic E-state index is 0.0944. The number of Topliss-reactive ketones (excluding diaryl/α,β-unsaturated/α-hetero) is 2. The van der Waals surface area contributed by atoms with Crippen molar-refractivity contribution in [2.45, 2.75) is 65.5 Å². The van der Waals surface area contributed by atoms with Gasteiger partial charge < -0.3 is 10.1 Å². The first-order chi connectivity index (χ1) is 19.0. The van der Waals surface area contributed by atoms with Gasteiger partial charge in [0.1, 0.15) is 5.75 Å². The topological polar surface area (TPSA) is 98.5 Å². The van der Waals surface area contributed by atoms with E-state index in [1.807, 2.05) is 27.7 Å². The van der Waals surface area contributed by atoms with Crippen LogP contribution in [-0.2, 0) is 15.8 Å². The number of nitro groups is 1. The quantitative estimate of drug-likeness (QED) is 0.270. The Morgan fingerprint density at radius 2 is 1.44 bits per heavy atom. The second kappa shape index (κ2) is 9.82. The van der Waals surface area contributed by atoms with Crippen LogP contribution in [0.1, 0.15) is 70.4 Å². The number of halogens is 4. The van der Waals surface area contributed by atoms with Crippen molar-refractivity contribution in [1.82, 2.24) is 5.32 Å². The maximum atomic E-state index is 13.7. The number of benzene rings is 2. The number of hydrogen-bond acceptors (Lipinski definition) is 6. The van der Waals surface area contributed by atoms with Crippen LogP contribution in [0.5, 0.6) is 11.5 Å². The predicted octanol–water partition coefficient (Wildman–Crippen LogP) is 8.14. The third-order valence-electron chi connectivity index (χ3n) is 7.70. The number of ketones is 2. The molecule has 11 heteroatoms. The summed E-state index contributed by atoms with van der Waals surface area (Å²) in [6.45, 7) is 8.01. The van der Waals surface area contributed by atoms with Gasteiger partial charge in [-0.1, -0.05) is 43.6 Å². The van der Waals surface area contributed by atoms with Gasteiger partial charge in [0.15, 0.2) is 11.6 Å². The van der Waals surface area contributed by atoms with Crippen molar-refractivity contribution in [3.63, 3.8) is 0 Å². The zero-order chi connectivity index (χ0) is 30.1. The Balaban J connectivity index is 1.70. The lowest BCUT2D eigenvalue weighted by Gasteiger charge is -2.44. The molecule has 0 unspecified atom stereocenters. The summed E-state index contributed by atoms with van der Waals surface area (Å²) in [5.41, 5.74) is 0.108. The van der Waals surface area contributed by atoms with Crippen LogP contribution in [0.15, 0.2) is 63.4 Å². The fourth-order valence-electron chi connectivity index (χ4n) is 6.08. The number of carbonyl (C=O) groups is 2. The molecule has 0 bridgehead atoms. The summed E-state index contributed by atoms with van der Waals surface area (Å²) in [4.78, 5) is 38.2. The number of alkyl halides is 3. The van der Waals surface area contributed by atoms with Crippen molar-refractivity contribution in [3.05, 3.63) is 84.7 Å². The standard InChI is InChI=1S/C30H28BrF3N2O5/c1-28(2)11-18-26(21(37)13-28)25(27-19(35-18)12-29(3,4)14-22(27)38)17-10-16(31)6-8-23(17)41-24-7-5-15(30(32,33)34)9-20(24)36(39)40/h5-10,25,35H,11-14H2,1-4H3. The van der Waals surface area contributed by atoms with Gasteiger partial charge >= 0.3 is 11.9 Å². The van der Waals surface area contributed by atoms with E-state index in [0.717, 1.165) is 17.5 Å². The first-order valence-electron chi connectivity index (χ1n) is 13.1. The minimum atomic E-state index is -4.78. The molecule has 7 nitrogen and oxygen atoms in total. The van der Waals surface area contributed by atoms with E-state index < -0.39 is 34.0 Å². The van der Waals surface area contributed by atoms with Crippen molar-refractivity contribution in [2.24, 2.45) is 10.8 Å². The lowest BCUT2D eigenvalue weighted by Crippen LogP contribution is -2.42. The maximum Gasteiger partial charge on any atom is 0.416 e. The van der Waals surface area contributed by atoms with Crippen LogP contribution in [0.25, 0.3) is 0 Å². The normalized spacial score (nSPS) is 20.4. The van der Waals surface area contributed by atoms with Gasteiger partial charge in [0.2, 0.25) is 5.75 Å². The molecule has 1 N–H and O–H groups in total. The van der Waals surface area contributed by atoms with Gasteiger partial charge in [-0.15, -0.1) is 0 Å². The Hall–Kier alpha value is -3.47. The molecule has 0 saturated heterocycles. The Morgan fingerprint density at radius 3 is 1.95 bits per heavy atom. The van der Waals surface area contributed by atoms with E-state index >= 15 is 0 Å². The Labute approximate surface area is 243 Å². The molecule has 0 amide bonds. The van der Waals surface area contributed by atoms with Crippen LogP contribution in [-0.4, -0.2) is 16.5 Å². The molecule has 3 aliphatic rings. The molecule has 2 aliphatic carbocycles. The van der Waals surface area contributed by atoms with Crippen LogP contribution in [0.3, 0.4) is 0 Å². The van der Waals surface area contributed by atoms with E-state index in [1.54, 1.807) is 12.1 Å². The van der Waals surface area contributed by atoms with Crippen molar-refractivity contribution >= 4 is 33.2 Å². The first kappa shape index (κ1) is 29.0. The average Bonchev–Trinajstić information content (AvgIpc) is 2.81. The Kier molecular flexibility index (Phi) is 6.95. The lowest BCUT2D eigenvalue weighted by molar-refractivity contribution is -0.385. The molecule has 0 spiro atoms. The molecule has 2 aromatic carbocycles. The molecule has 0 radical (unpaired) electrons. The van der Waals surface area contributed by atoms with Crippen molar-refractivity contribution in [1.29, 1.82) is 0 Å². The van der Waals surface area contributed by atoms with E-state index in [2.05, 4.69) is 21.2 Å². The van der Waals surface area contributed by atoms with E-state index in [1.165, 1.54) is 6.07 Å². The van der Waals surface area contributed by atoms with Crippen LogP contribution >= 0.6 is 15.9 Å². The second-order valence-electron chi connectivity index (χ2n) is 12.4. The van der Waals surface area contributed by atoms with Crippen LogP contribution in [0, 0.1) is 20.9 Å². The average molecular weight is 633 g/mol. The number of ether oxygens (including phenoxy) is 1. The molecule has 0 aromatic heterocycles. The smallest absolute Gasteiger partial charge is 0.416 e. The number of hydrogen-bond donors (Lipinski definition) is 1. The summed E-state index contributed by atoms with van der Waals surface area (Å²) < 4.78 is 46.5. The number of allylic oxidation sites excluding steroid dienone is 4. The maximum absolute atomic E-state index is 13.7. The molecule has 216 valence electrons. The zero-order valence-corrected chi connectivity index (χ0v) is 24.5. The van der Waals surface area contributed by atoms with Crippen molar-refractivity contribution < 1.29 is 32.4 Å². The molecular formula is C30H28BrF3N2O5. The monoisotopic (exact) mass is 632 g/mol. The van der Waals surface area contributed by atoms with Crippen LogP contribution in [0.2, 0.25) is 0 Å². The highest BCUT2D eigenvalue weighted by Crippen LogP contribution is 2.53. The van der Waals surface area contributed by atoms with Gasteiger partial charge in [0.25, 0.3) is 0 Å². The molecule has 0 atom stereocenters. The minimum Gasteiger partial charge on any atom is -0.450 e. The molecule has 41 heavy (non-hydrogen) atoms. The summed E-state index contributed by atoms with van der Waals surface area (Å²) in [5, 5.41) is 15.2. The molecule has 1 heterocycles. The summed E-state index contributed by atoms with van der Waals surface area (Å²) in [6.07, 6.45) is -3.10. The third kappa shape index (κ3) is 5.56. The third-order valence-corrected chi connectivity index (χ3v) is 8.20. The zero-order valence-electron chi connectivity index (χ0n) is 22.9. The van der Waals surface area contributed by atoms with Gasteiger partial charge in [0, 0.05) is 57.4 Å². The summed E-state index contributed by atoms with van der Waals surface area (Å²) in [7, 11) is 0. The lowest BCUT2D eigenvalue weighted by atomic mass is 9.64. The molecule has 0 saturated carbocycles. The summed E-state index contributed by atoms with van der Waals surface area (Å²) >= 11 is 3.45. The van der Waals surface area contributed by atoms with E-state index in [4.69, 9.17) is 4.74 Å². The number of nitro benzene ring substituents is 1. The largest absolute Gasteiger partial charge is 0.450 e.